The maximum atomic E-state index is 6.38. The molecule has 2 N–H and O–H groups in total. The van der Waals surface area contributed by atoms with Crippen LogP contribution in [0, 0.1) is 0 Å². The lowest BCUT2D eigenvalue weighted by molar-refractivity contribution is -0.148. The lowest BCUT2D eigenvalue weighted by Gasteiger charge is -2.24. The van der Waals surface area contributed by atoms with Crippen LogP contribution in [0.1, 0.15) is 31.2 Å². The van der Waals surface area contributed by atoms with Crippen LogP contribution >= 0.6 is 35.0 Å². The number of nitrogens with zero attached hydrogens (tertiary/aromatic N) is 4. The first-order chi connectivity index (χ1) is 16.3. The molecule has 2 aliphatic heterocycles. The molecule has 176 valence electrons. The van der Waals surface area contributed by atoms with Crippen molar-refractivity contribution in [1.82, 2.24) is 19.5 Å². The van der Waals surface area contributed by atoms with E-state index in [1.165, 1.54) is 11.9 Å². The van der Waals surface area contributed by atoms with Gasteiger partial charge in [0.25, 0.3) is 0 Å². The van der Waals surface area contributed by atoms with E-state index < -0.39 is 5.79 Å². The molecule has 0 aliphatic carbocycles. The Morgan fingerprint density at radius 3 is 2.79 bits per heavy atom. The molecule has 5 heterocycles. The van der Waals surface area contributed by atoms with Crippen molar-refractivity contribution in [2.75, 3.05) is 5.73 Å². The fourth-order valence-electron chi connectivity index (χ4n) is 4.93. The van der Waals surface area contributed by atoms with Gasteiger partial charge in [0.2, 0.25) is 0 Å². The first-order valence-electron chi connectivity index (χ1n) is 11.1. The van der Waals surface area contributed by atoms with E-state index in [4.69, 9.17) is 38.4 Å². The van der Waals surface area contributed by atoms with Crippen LogP contribution in [-0.2, 0) is 15.9 Å². The molecule has 2 saturated heterocycles. The number of thioether (sulfide) groups is 1. The van der Waals surface area contributed by atoms with Crippen molar-refractivity contribution >= 4 is 62.7 Å². The van der Waals surface area contributed by atoms with E-state index in [9.17, 15) is 0 Å². The van der Waals surface area contributed by atoms with E-state index in [1.807, 2.05) is 50.0 Å². The Kier molecular flexibility index (Phi) is 5.42. The number of fused-ring (bicyclic) bond motifs is 3. The standard InChI is InChI=1S/C24H23Cl2N5O2S/c1-24(2)32-18-17(6-4-12-3-5-13-10-15(25)21(27)30-16(13)9-12)34-23(19(18)33-24)31-8-7-14-20(26)28-11-29-22(14)31/h3,5,7-11,17-19,23H,4,6H2,1-2H3,(H2,27,30)/t17?,18-,19-,23-/m1/s1. The Bertz CT molecular complexity index is 1410. The lowest BCUT2D eigenvalue weighted by Crippen LogP contribution is -2.29. The van der Waals surface area contributed by atoms with Crippen molar-refractivity contribution in [3.63, 3.8) is 0 Å². The number of anilines is 1. The number of rotatable bonds is 4. The fraction of sp³-hybridized carbons (Fsp3) is 0.375. The second-order valence-electron chi connectivity index (χ2n) is 9.18. The normalized spacial score (nSPS) is 25.9. The number of halogens is 2. The van der Waals surface area contributed by atoms with Crippen LogP contribution in [0.25, 0.3) is 21.9 Å². The van der Waals surface area contributed by atoms with E-state index in [1.54, 1.807) is 0 Å². The Hall–Kier alpha value is -2.10. The smallest absolute Gasteiger partial charge is 0.163 e. The zero-order valence-electron chi connectivity index (χ0n) is 18.6. The Morgan fingerprint density at radius 1 is 1.12 bits per heavy atom. The molecule has 0 saturated carbocycles. The second-order valence-corrected chi connectivity index (χ2v) is 11.3. The largest absolute Gasteiger partial charge is 0.382 e. The van der Waals surface area contributed by atoms with E-state index in [0.717, 1.165) is 34.8 Å². The molecule has 2 aliphatic rings. The van der Waals surface area contributed by atoms with Crippen molar-refractivity contribution in [2.24, 2.45) is 0 Å². The van der Waals surface area contributed by atoms with Gasteiger partial charge in [0.1, 0.15) is 40.5 Å². The fourth-order valence-corrected chi connectivity index (χ4v) is 6.92. The van der Waals surface area contributed by atoms with E-state index >= 15 is 0 Å². The summed E-state index contributed by atoms with van der Waals surface area (Å²) in [6, 6.07) is 10.1. The van der Waals surface area contributed by atoms with Crippen molar-refractivity contribution in [1.29, 1.82) is 0 Å². The summed E-state index contributed by atoms with van der Waals surface area (Å²) in [5.74, 6) is -0.281. The molecule has 34 heavy (non-hydrogen) atoms. The van der Waals surface area contributed by atoms with Crippen molar-refractivity contribution in [3.8, 4) is 0 Å². The third-order valence-electron chi connectivity index (χ3n) is 6.44. The van der Waals surface area contributed by atoms with Crippen molar-refractivity contribution in [2.45, 2.75) is 55.3 Å². The third-order valence-corrected chi connectivity index (χ3v) is 8.67. The zero-order chi connectivity index (χ0) is 23.6. The van der Waals surface area contributed by atoms with Gasteiger partial charge in [0.05, 0.1) is 15.9 Å². The Morgan fingerprint density at radius 2 is 1.94 bits per heavy atom. The van der Waals surface area contributed by atoms with Gasteiger partial charge in [0, 0.05) is 16.8 Å². The topological polar surface area (TPSA) is 88.1 Å². The predicted molar refractivity (Wildman–Crippen MR) is 136 cm³/mol. The number of pyridine rings is 1. The molecular formula is C24H23Cl2N5O2S. The van der Waals surface area contributed by atoms with Crippen molar-refractivity contribution < 1.29 is 9.47 Å². The van der Waals surface area contributed by atoms with E-state index in [0.29, 0.717) is 16.0 Å². The molecule has 2 fully saturated rings. The molecule has 0 radical (unpaired) electrons. The molecule has 7 nitrogen and oxygen atoms in total. The number of aryl methyl sites for hydroxylation is 1. The highest BCUT2D eigenvalue weighted by atomic mass is 35.5. The number of hydrogen-bond donors (Lipinski definition) is 1. The lowest BCUT2D eigenvalue weighted by atomic mass is 10.0. The molecule has 4 aromatic rings. The van der Waals surface area contributed by atoms with Crippen LogP contribution in [-0.4, -0.2) is 42.8 Å². The molecule has 3 aromatic heterocycles. The number of aromatic nitrogens is 4. The van der Waals surface area contributed by atoms with Crippen LogP contribution < -0.4 is 5.73 Å². The summed E-state index contributed by atoms with van der Waals surface area (Å²) < 4.78 is 14.9. The van der Waals surface area contributed by atoms with Gasteiger partial charge in [-0.3, -0.25) is 0 Å². The molecule has 0 bridgehead atoms. The molecule has 1 aromatic carbocycles. The van der Waals surface area contributed by atoms with Crippen LogP contribution in [0.2, 0.25) is 10.2 Å². The zero-order valence-corrected chi connectivity index (χ0v) is 20.9. The highest BCUT2D eigenvalue weighted by Gasteiger charge is 2.55. The number of hydrogen-bond acceptors (Lipinski definition) is 7. The minimum atomic E-state index is -0.633. The van der Waals surface area contributed by atoms with Crippen LogP contribution in [0.5, 0.6) is 0 Å². The van der Waals surface area contributed by atoms with Gasteiger partial charge in [-0.2, -0.15) is 0 Å². The Labute approximate surface area is 210 Å². The van der Waals surface area contributed by atoms with Crippen molar-refractivity contribution in [3.05, 3.63) is 58.6 Å². The number of ether oxygens (including phenoxy) is 2. The molecule has 10 heteroatoms. The summed E-state index contributed by atoms with van der Waals surface area (Å²) in [7, 11) is 0. The van der Waals surface area contributed by atoms with E-state index in [2.05, 4.69) is 31.7 Å². The maximum Gasteiger partial charge on any atom is 0.163 e. The van der Waals surface area contributed by atoms with Gasteiger partial charge in [-0.1, -0.05) is 35.3 Å². The number of nitrogen functional groups attached to an aromatic ring is 1. The van der Waals surface area contributed by atoms with Crippen LogP contribution in [0.3, 0.4) is 0 Å². The molecular weight excluding hydrogens is 493 g/mol. The summed E-state index contributed by atoms with van der Waals surface area (Å²) in [5.41, 5.74) is 8.77. The Balaban J connectivity index is 1.27. The molecule has 4 atom stereocenters. The first kappa shape index (κ1) is 22.4. The van der Waals surface area contributed by atoms with Gasteiger partial charge in [-0.15, -0.1) is 11.8 Å². The molecule has 0 amide bonds. The highest BCUT2D eigenvalue weighted by molar-refractivity contribution is 8.00. The van der Waals surface area contributed by atoms with Crippen LogP contribution in [0.15, 0.2) is 42.9 Å². The number of nitrogens with two attached hydrogens (primary N) is 1. The van der Waals surface area contributed by atoms with Crippen LogP contribution in [0.4, 0.5) is 5.82 Å². The minimum Gasteiger partial charge on any atom is -0.382 e. The quantitative estimate of drug-likeness (QED) is 0.352. The van der Waals surface area contributed by atoms with Gasteiger partial charge in [-0.25, -0.2) is 15.0 Å². The molecule has 0 spiro atoms. The van der Waals surface area contributed by atoms with Gasteiger partial charge in [-0.05, 0) is 50.5 Å². The summed E-state index contributed by atoms with van der Waals surface area (Å²) >= 11 is 14.3. The van der Waals surface area contributed by atoms with Gasteiger partial charge in [0.15, 0.2) is 5.79 Å². The second kappa shape index (κ2) is 8.24. The summed E-state index contributed by atoms with van der Waals surface area (Å²) in [4.78, 5) is 13.0. The summed E-state index contributed by atoms with van der Waals surface area (Å²) in [6.07, 6.45) is 5.23. The van der Waals surface area contributed by atoms with Gasteiger partial charge < -0.3 is 19.8 Å². The average molecular weight is 516 g/mol. The minimum absolute atomic E-state index is 0.0206. The summed E-state index contributed by atoms with van der Waals surface area (Å²) in [5, 5.41) is 3.03. The predicted octanol–water partition coefficient (Wildman–Crippen LogP) is 5.64. The molecule has 6 rings (SSSR count). The highest BCUT2D eigenvalue weighted by Crippen LogP contribution is 2.52. The average Bonchev–Trinajstić information content (AvgIpc) is 3.45. The number of benzene rings is 1. The monoisotopic (exact) mass is 515 g/mol. The first-order valence-corrected chi connectivity index (χ1v) is 12.8. The SMILES string of the molecule is CC1(C)O[C@@H]2[C@H](O1)C(CCc1ccc3cc(Cl)c(N)nc3c1)S[C@H]2n1ccc2c(Cl)ncnc21. The van der Waals surface area contributed by atoms with E-state index in [-0.39, 0.29) is 22.8 Å². The van der Waals surface area contributed by atoms with Gasteiger partial charge >= 0.3 is 0 Å². The third kappa shape index (κ3) is 3.82. The molecule has 1 unspecified atom stereocenters. The maximum absolute atomic E-state index is 6.38. The summed E-state index contributed by atoms with van der Waals surface area (Å²) in [6.45, 7) is 3.95.